The number of amides is 1. The van der Waals surface area contributed by atoms with E-state index in [4.69, 9.17) is 0 Å². The van der Waals surface area contributed by atoms with Gasteiger partial charge in [-0.15, -0.1) is 0 Å². The average Bonchev–Trinajstić information content (AvgIpc) is 2.38. The van der Waals surface area contributed by atoms with Crippen molar-refractivity contribution in [3.05, 3.63) is 0 Å². The van der Waals surface area contributed by atoms with Crippen molar-refractivity contribution in [2.45, 2.75) is 63.6 Å². The molecule has 5 fully saturated rings. The smallest absolute Gasteiger partial charge is 0.228 e. The molecule has 1 amide bonds. The van der Waals surface area contributed by atoms with E-state index in [2.05, 4.69) is 34.7 Å². The highest BCUT2D eigenvalue weighted by Gasteiger charge is 2.59. The van der Waals surface area contributed by atoms with Gasteiger partial charge in [0.15, 0.2) is 0 Å². The maximum Gasteiger partial charge on any atom is 0.228 e. The number of carbonyl (C=O) groups is 1. The molecule has 1 saturated heterocycles. The second kappa shape index (κ2) is 4.72. The van der Waals surface area contributed by atoms with Gasteiger partial charge in [0.2, 0.25) is 5.91 Å². The highest BCUT2D eigenvalue weighted by Crippen LogP contribution is 2.65. The zero-order chi connectivity index (χ0) is 14.8. The lowest BCUT2D eigenvalue weighted by molar-refractivity contribution is -0.167. The van der Waals surface area contributed by atoms with Crippen LogP contribution in [0, 0.1) is 28.6 Å². The highest BCUT2D eigenvalue weighted by molar-refractivity contribution is 9.09. The van der Waals surface area contributed by atoms with Crippen LogP contribution in [0.15, 0.2) is 0 Å². The lowest BCUT2D eigenvalue weighted by atomic mass is 9.44. The number of halogens is 1. The largest absolute Gasteiger partial charge is 0.342 e. The fourth-order valence-corrected chi connectivity index (χ4v) is 6.98. The Morgan fingerprint density at radius 3 is 2.43 bits per heavy atom. The molecule has 2 nitrogen and oxygen atoms in total. The fraction of sp³-hybridized carbons (Fsp3) is 0.944. The van der Waals surface area contributed by atoms with E-state index >= 15 is 0 Å². The standard InChI is InChI=1S/C18H28BrNO/c1-12-10-20(4-3-15(12)19)16(21)18-8-13-5-14(9-18)7-17(2,6-13)11-18/h12-15H,3-11H2,1-2H3. The molecule has 4 unspecified atom stereocenters. The van der Waals surface area contributed by atoms with Crippen LogP contribution in [0.25, 0.3) is 0 Å². The Kier molecular flexibility index (Phi) is 3.27. The lowest BCUT2D eigenvalue weighted by Crippen LogP contribution is -2.59. The summed E-state index contributed by atoms with van der Waals surface area (Å²) in [4.78, 5) is 16.2. The van der Waals surface area contributed by atoms with Crippen LogP contribution in [-0.2, 0) is 4.79 Å². The van der Waals surface area contributed by atoms with E-state index in [1.807, 2.05) is 0 Å². The molecule has 0 aromatic heterocycles. The first kappa shape index (κ1) is 14.5. The number of carbonyl (C=O) groups excluding carboxylic acids is 1. The molecule has 4 aliphatic carbocycles. The van der Waals surface area contributed by atoms with E-state index in [-0.39, 0.29) is 5.41 Å². The first-order valence-electron chi connectivity index (χ1n) is 8.83. The van der Waals surface area contributed by atoms with Crippen molar-refractivity contribution in [3.8, 4) is 0 Å². The Morgan fingerprint density at radius 2 is 1.86 bits per heavy atom. The summed E-state index contributed by atoms with van der Waals surface area (Å²) < 4.78 is 0. The lowest BCUT2D eigenvalue weighted by Gasteiger charge is -2.61. The van der Waals surface area contributed by atoms with Crippen LogP contribution < -0.4 is 0 Å². The molecule has 4 atom stereocenters. The Hall–Kier alpha value is -0.0500. The third kappa shape index (κ3) is 2.29. The van der Waals surface area contributed by atoms with E-state index < -0.39 is 0 Å². The zero-order valence-corrected chi connectivity index (χ0v) is 15.0. The second-order valence-corrected chi connectivity index (χ2v) is 10.3. The molecule has 0 spiro atoms. The van der Waals surface area contributed by atoms with Gasteiger partial charge in [-0.05, 0) is 68.1 Å². The molecule has 0 radical (unpaired) electrons. The van der Waals surface area contributed by atoms with Crippen molar-refractivity contribution in [1.82, 2.24) is 4.90 Å². The monoisotopic (exact) mass is 353 g/mol. The minimum Gasteiger partial charge on any atom is -0.342 e. The van der Waals surface area contributed by atoms with Gasteiger partial charge in [0.1, 0.15) is 0 Å². The third-order valence-electron chi connectivity index (χ3n) is 6.90. The minimum absolute atomic E-state index is 0.0255. The maximum absolute atomic E-state index is 13.4. The number of hydrogen-bond donors (Lipinski definition) is 0. The predicted octanol–water partition coefficient (Wildman–Crippen LogP) is 4.22. The zero-order valence-electron chi connectivity index (χ0n) is 13.4. The third-order valence-corrected chi connectivity index (χ3v) is 8.26. The molecule has 0 aromatic carbocycles. The van der Waals surface area contributed by atoms with Crippen LogP contribution in [0.4, 0.5) is 0 Å². The van der Waals surface area contributed by atoms with E-state index in [9.17, 15) is 4.79 Å². The van der Waals surface area contributed by atoms with Crippen LogP contribution in [0.5, 0.6) is 0 Å². The van der Waals surface area contributed by atoms with Crippen LogP contribution in [0.1, 0.15) is 58.8 Å². The Labute approximate surface area is 137 Å². The molecule has 5 rings (SSSR count). The van der Waals surface area contributed by atoms with Gasteiger partial charge in [0.25, 0.3) is 0 Å². The Balaban J connectivity index is 1.57. The number of alkyl halides is 1. The Morgan fingerprint density at radius 1 is 1.19 bits per heavy atom. The molecule has 0 aromatic rings. The molecule has 1 heterocycles. The van der Waals surface area contributed by atoms with E-state index in [0.717, 1.165) is 31.3 Å². The maximum atomic E-state index is 13.4. The van der Waals surface area contributed by atoms with E-state index in [0.29, 0.717) is 22.1 Å². The second-order valence-electron chi connectivity index (χ2n) is 9.09. The molecule has 118 valence electrons. The Bertz CT molecular complexity index is 448. The number of piperidine rings is 1. The van der Waals surface area contributed by atoms with Crippen molar-refractivity contribution < 1.29 is 4.79 Å². The van der Waals surface area contributed by atoms with Crippen molar-refractivity contribution in [2.24, 2.45) is 28.6 Å². The summed E-state index contributed by atoms with van der Waals surface area (Å²) >= 11 is 3.76. The van der Waals surface area contributed by atoms with Crippen LogP contribution in [-0.4, -0.2) is 28.7 Å². The van der Waals surface area contributed by atoms with Crippen LogP contribution in [0.3, 0.4) is 0 Å². The predicted molar refractivity (Wildman–Crippen MR) is 88.3 cm³/mol. The average molecular weight is 354 g/mol. The molecule has 4 bridgehead atoms. The summed E-state index contributed by atoms with van der Waals surface area (Å²) in [6.07, 6.45) is 8.87. The first-order valence-corrected chi connectivity index (χ1v) is 9.74. The van der Waals surface area contributed by atoms with Gasteiger partial charge in [-0.25, -0.2) is 0 Å². The summed E-state index contributed by atoms with van der Waals surface area (Å²) in [7, 11) is 0. The summed E-state index contributed by atoms with van der Waals surface area (Å²) in [5.41, 5.74) is 0.497. The van der Waals surface area contributed by atoms with Gasteiger partial charge in [-0.2, -0.15) is 0 Å². The number of nitrogens with zero attached hydrogens (tertiary/aromatic N) is 1. The van der Waals surface area contributed by atoms with Gasteiger partial charge in [-0.3, -0.25) is 4.79 Å². The van der Waals surface area contributed by atoms with Gasteiger partial charge >= 0.3 is 0 Å². The van der Waals surface area contributed by atoms with Gasteiger partial charge < -0.3 is 4.90 Å². The quantitative estimate of drug-likeness (QED) is 0.646. The molecule has 3 heteroatoms. The van der Waals surface area contributed by atoms with Gasteiger partial charge in [0.05, 0.1) is 5.41 Å². The van der Waals surface area contributed by atoms with Crippen LogP contribution >= 0.6 is 15.9 Å². The van der Waals surface area contributed by atoms with E-state index in [1.165, 1.54) is 38.5 Å². The summed E-state index contributed by atoms with van der Waals surface area (Å²) in [5, 5.41) is 0. The highest BCUT2D eigenvalue weighted by atomic mass is 79.9. The van der Waals surface area contributed by atoms with Gasteiger partial charge in [-0.1, -0.05) is 29.8 Å². The molecular weight excluding hydrogens is 326 g/mol. The molecular formula is C18H28BrNO. The number of rotatable bonds is 1. The molecule has 21 heavy (non-hydrogen) atoms. The summed E-state index contributed by atoms with van der Waals surface area (Å²) in [6, 6.07) is 0. The minimum atomic E-state index is 0.0255. The molecule has 4 saturated carbocycles. The molecule has 1 aliphatic heterocycles. The topological polar surface area (TPSA) is 20.3 Å². The van der Waals surface area contributed by atoms with Crippen molar-refractivity contribution >= 4 is 21.8 Å². The van der Waals surface area contributed by atoms with Crippen molar-refractivity contribution in [2.75, 3.05) is 13.1 Å². The fourth-order valence-electron chi connectivity index (χ4n) is 6.61. The molecule has 5 aliphatic rings. The SMILES string of the molecule is CC1CN(C(=O)C23CC4CC(CC(C)(C4)C2)C3)CCC1Br. The first-order chi connectivity index (χ1) is 9.89. The van der Waals surface area contributed by atoms with Gasteiger partial charge in [0, 0.05) is 17.9 Å². The molecule has 0 N–H and O–H groups in total. The van der Waals surface area contributed by atoms with E-state index in [1.54, 1.807) is 0 Å². The van der Waals surface area contributed by atoms with Crippen LogP contribution in [0.2, 0.25) is 0 Å². The normalized spacial score (nSPS) is 52.2. The van der Waals surface area contributed by atoms with Crippen molar-refractivity contribution in [1.29, 1.82) is 0 Å². The van der Waals surface area contributed by atoms with Crippen molar-refractivity contribution in [3.63, 3.8) is 0 Å². The number of likely N-dealkylation sites (tertiary alicyclic amines) is 1. The summed E-state index contributed by atoms with van der Waals surface area (Å²) in [5.74, 6) is 2.79. The summed E-state index contributed by atoms with van der Waals surface area (Å²) in [6.45, 7) is 6.66. The number of hydrogen-bond acceptors (Lipinski definition) is 1.